The fraction of sp³-hybridized carbons (Fsp3) is 0.929. The van der Waals surface area contributed by atoms with Crippen molar-refractivity contribution in [1.82, 2.24) is 5.32 Å². The number of hydrogen-bond donors (Lipinski definition) is 8. The first-order valence-electron chi connectivity index (χ1n) is 8.06. The van der Waals surface area contributed by atoms with Crippen LogP contribution in [0.4, 0.5) is 0 Å². The summed E-state index contributed by atoms with van der Waals surface area (Å²) in [6.45, 7) is -0.195. The van der Waals surface area contributed by atoms with E-state index in [-0.39, 0.29) is 0 Å². The van der Waals surface area contributed by atoms with Crippen molar-refractivity contribution in [1.29, 1.82) is 0 Å². The normalized spacial score (nSPS) is 46.8. The van der Waals surface area contributed by atoms with E-state index in [9.17, 15) is 40.5 Å². The van der Waals surface area contributed by atoms with Gasteiger partial charge in [0.2, 0.25) is 5.91 Å². The van der Waals surface area contributed by atoms with E-state index in [1.54, 1.807) is 0 Å². The number of aliphatic hydroxyl groups is 7. The molecular formula is C14H25NO11. The fourth-order valence-corrected chi connectivity index (χ4v) is 2.97. The van der Waals surface area contributed by atoms with Crippen molar-refractivity contribution < 1.29 is 54.8 Å². The van der Waals surface area contributed by atoms with E-state index >= 15 is 0 Å². The van der Waals surface area contributed by atoms with Gasteiger partial charge in [-0.3, -0.25) is 4.79 Å². The molecule has 2 heterocycles. The lowest BCUT2D eigenvalue weighted by Gasteiger charge is -2.46. The summed E-state index contributed by atoms with van der Waals surface area (Å²) in [5.74, 6) is -0.574. The zero-order valence-electron chi connectivity index (χ0n) is 14.0. The highest BCUT2D eigenvalue weighted by Gasteiger charge is 2.50. The van der Waals surface area contributed by atoms with Gasteiger partial charge in [-0.1, -0.05) is 0 Å². The Kier molecular flexibility index (Phi) is 7.27. The molecule has 26 heavy (non-hydrogen) atoms. The Morgan fingerprint density at radius 2 is 1.50 bits per heavy atom. The predicted molar refractivity (Wildman–Crippen MR) is 80.2 cm³/mol. The van der Waals surface area contributed by atoms with E-state index in [0.717, 1.165) is 6.92 Å². The van der Waals surface area contributed by atoms with Gasteiger partial charge in [0.1, 0.15) is 48.8 Å². The van der Waals surface area contributed by atoms with Gasteiger partial charge in [0.25, 0.3) is 0 Å². The standard InChI is InChI=1S/C14H25NO11/c1-4(18)15-7-12(9(20)6(3-17)24-13(7)23)26-14-11(22)10(21)8(19)5(2-16)25-14/h5-14,16-17,19-23H,2-3H2,1H3,(H,15,18)/t5-,6-,7-,8+,9-,10+,11-,12-,13+,14-/m1/s1. The summed E-state index contributed by atoms with van der Waals surface area (Å²) in [4.78, 5) is 11.4. The average molecular weight is 383 g/mol. The second kappa shape index (κ2) is 8.84. The molecule has 8 N–H and O–H groups in total. The molecule has 0 spiro atoms. The third kappa shape index (κ3) is 4.31. The first-order chi connectivity index (χ1) is 12.2. The van der Waals surface area contributed by atoms with Gasteiger partial charge < -0.3 is 55.3 Å². The minimum atomic E-state index is -1.74. The number of nitrogens with one attached hydrogen (secondary N) is 1. The van der Waals surface area contributed by atoms with Crippen molar-refractivity contribution in [3.63, 3.8) is 0 Å². The van der Waals surface area contributed by atoms with Crippen molar-refractivity contribution >= 4 is 5.91 Å². The van der Waals surface area contributed by atoms with Crippen LogP contribution < -0.4 is 5.32 Å². The van der Waals surface area contributed by atoms with E-state index in [4.69, 9.17) is 14.2 Å². The van der Waals surface area contributed by atoms with Crippen LogP contribution in [0.25, 0.3) is 0 Å². The summed E-state index contributed by atoms with van der Waals surface area (Å²) in [5, 5.41) is 70.7. The molecule has 0 aromatic carbocycles. The van der Waals surface area contributed by atoms with E-state index in [1.165, 1.54) is 0 Å². The van der Waals surface area contributed by atoms with Gasteiger partial charge in [0, 0.05) is 6.92 Å². The minimum absolute atomic E-state index is 0.574. The Labute approximate surface area is 148 Å². The van der Waals surface area contributed by atoms with Gasteiger partial charge in [-0.25, -0.2) is 0 Å². The van der Waals surface area contributed by atoms with Crippen LogP contribution in [-0.4, -0.2) is 116 Å². The van der Waals surface area contributed by atoms with E-state index < -0.39 is 80.5 Å². The number of carbonyl (C=O) groups is 1. The summed E-state index contributed by atoms with van der Waals surface area (Å²) in [7, 11) is 0. The number of rotatable bonds is 5. The number of carbonyl (C=O) groups excluding carboxylic acids is 1. The van der Waals surface area contributed by atoms with Crippen molar-refractivity contribution in [3.8, 4) is 0 Å². The third-order valence-corrected chi connectivity index (χ3v) is 4.38. The van der Waals surface area contributed by atoms with Crippen molar-refractivity contribution in [2.24, 2.45) is 0 Å². The molecule has 2 fully saturated rings. The van der Waals surface area contributed by atoms with Gasteiger partial charge in [-0.05, 0) is 0 Å². The number of aliphatic hydroxyl groups excluding tert-OH is 7. The van der Waals surface area contributed by atoms with Crippen LogP contribution in [0.5, 0.6) is 0 Å². The molecule has 0 aromatic heterocycles. The number of hydrogen-bond acceptors (Lipinski definition) is 11. The van der Waals surface area contributed by atoms with Crippen molar-refractivity contribution in [2.45, 2.75) is 68.3 Å². The summed E-state index contributed by atoms with van der Waals surface area (Å²) in [5.41, 5.74) is 0. The molecule has 0 bridgehead atoms. The molecular weight excluding hydrogens is 358 g/mol. The zero-order chi connectivity index (χ0) is 19.6. The van der Waals surface area contributed by atoms with Crippen LogP contribution in [0, 0.1) is 0 Å². The van der Waals surface area contributed by atoms with Gasteiger partial charge in [-0.2, -0.15) is 0 Å². The lowest BCUT2D eigenvalue weighted by atomic mass is 9.95. The van der Waals surface area contributed by atoms with Crippen LogP contribution in [0.15, 0.2) is 0 Å². The van der Waals surface area contributed by atoms with E-state index in [1.807, 2.05) is 0 Å². The predicted octanol–water partition coefficient (Wildman–Crippen LogP) is -5.25. The molecule has 1 amide bonds. The van der Waals surface area contributed by atoms with Gasteiger partial charge in [0.05, 0.1) is 13.2 Å². The van der Waals surface area contributed by atoms with Crippen LogP contribution in [0.2, 0.25) is 0 Å². The van der Waals surface area contributed by atoms with E-state index in [0.29, 0.717) is 0 Å². The quantitative estimate of drug-likeness (QED) is 0.226. The molecule has 2 aliphatic heterocycles. The Balaban J connectivity index is 2.21. The second-order valence-corrected chi connectivity index (χ2v) is 6.26. The summed E-state index contributed by atoms with van der Waals surface area (Å²) in [6.07, 6.45) is -13.7. The molecule has 0 aliphatic carbocycles. The molecule has 2 saturated heterocycles. The molecule has 2 rings (SSSR count). The Morgan fingerprint density at radius 3 is 2.04 bits per heavy atom. The van der Waals surface area contributed by atoms with Crippen molar-refractivity contribution in [3.05, 3.63) is 0 Å². The molecule has 0 saturated carbocycles. The van der Waals surface area contributed by atoms with Crippen LogP contribution >= 0.6 is 0 Å². The molecule has 0 unspecified atom stereocenters. The monoisotopic (exact) mass is 383 g/mol. The average Bonchev–Trinajstić information content (AvgIpc) is 2.60. The number of ether oxygens (including phenoxy) is 3. The molecule has 10 atom stereocenters. The Bertz CT molecular complexity index is 478. The zero-order valence-corrected chi connectivity index (χ0v) is 14.0. The largest absolute Gasteiger partial charge is 0.394 e. The van der Waals surface area contributed by atoms with Gasteiger partial charge in [0.15, 0.2) is 12.6 Å². The topological polar surface area (TPSA) is 198 Å². The van der Waals surface area contributed by atoms with E-state index in [2.05, 4.69) is 5.32 Å². The first kappa shape index (κ1) is 21.4. The maximum absolute atomic E-state index is 11.4. The lowest BCUT2D eigenvalue weighted by molar-refractivity contribution is -0.341. The fourth-order valence-electron chi connectivity index (χ4n) is 2.97. The Morgan fingerprint density at radius 1 is 0.923 bits per heavy atom. The highest BCUT2D eigenvalue weighted by Crippen LogP contribution is 2.28. The minimum Gasteiger partial charge on any atom is -0.394 e. The summed E-state index contributed by atoms with van der Waals surface area (Å²) >= 11 is 0. The molecule has 2 aliphatic rings. The smallest absolute Gasteiger partial charge is 0.217 e. The maximum atomic E-state index is 11.4. The number of amides is 1. The second-order valence-electron chi connectivity index (χ2n) is 6.26. The SMILES string of the molecule is CC(=O)N[C@@H]1[C@@H](O[C@H]2O[C@H](CO)[C@H](O)[C@H](O)[C@H]2O)[C@H](O)[C@@H](CO)O[C@@H]1O. The Hall–Kier alpha value is -0.930. The summed E-state index contributed by atoms with van der Waals surface area (Å²) in [6, 6.07) is -1.28. The highest BCUT2D eigenvalue weighted by atomic mass is 16.7. The molecule has 0 aromatic rings. The van der Waals surface area contributed by atoms with Gasteiger partial charge >= 0.3 is 0 Å². The van der Waals surface area contributed by atoms with Crippen LogP contribution in [-0.2, 0) is 19.0 Å². The third-order valence-electron chi connectivity index (χ3n) is 4.38. The van der Waals surface area contributed by atoms with Crippen LogP contribution in [0.1, 0.15) is 6.92 Å². The first-order valence-corrected chi connectivity index (χ1v) is 8.06. The molecule has 0 radical (unpaired) electrons. The highest BCUT2D eigenvalue weighted by molar-refractivity contribution is 5.73. The summed E-state index contributed by atoms with van der Waals surface area (Å²) < 4.78 is 15.7. The van der Waals surface area contributed by atoms with Crippen molar-refractivity contribution in [2.75, 3.05) is 13.2 Å². The van der Waals surface area contributed by atoms with Gasteiger partial charge in [-0.15, -0.1) is 0 Å². The molecule has 152 valence electrons. The molecule has 12 heteroatoms. The molecule has 12 nitrogen and oxygen atoms in total. The maximum Gasteiger partial charge on any atom is 0.217 e. The lowest BCUT2D eigenvalue weighted by Crippen LogP contribution is -2.67. The van der Waals surface area contributed by atoms with Crippen LogP contribution in [0.3, 0.4) is 0 Å².